The molecule has 0 fully saturated rings. The predicted octanol–water partition coefficient (Wildman–Crippen LogP) is 1.69. The van der Waals surface area contributed by atoms with E-state index < -0.39 is 0 Å². The van der Waals surface area contributed by atoms with Crippen molar-refractivity contribution in [3.05, 3.63) is 66.0 Å². The third-order valence-corrected chi connectivity index (χ3v) is 2.95. The first-order valence-electron chi connectivity index (χ1n) is 6.70. The first kappa shape index (κ1) is 14.7. The second kappa shape index (κ2) is 7.19. The van der Waals surface area contributed by atoms with E-state index in [4.69, 9.17) is 0 Å². The summed E-state index contributed by atoms with van der Waals surface area (Å²) in [6, 6.07) is 14.1. The maximum Gasteiger partial charge on any atom is 0.251 e. The van der Waals surface area contributed by atoms with Gasteiger partial charge in [0.25, 0.3) is 5.91 Å². The summed E-state index contributed by atoms with van der Waals surface area (Å²) in [7, 11) is 0. The third-order valence-electron chi connectivity index (χ3n) is 2.95. The van der Waals surface area contributed by atoms with Crippen LogP contribution in [0.3, 0.4) is 0 Å². The molecule has 2 amide bonds. The van der Waals surface area contributed by atoms with E-state index >= 15 is 0 Å². The van der Waals surface area contributed by atoms with Gasteiger partial charge >= 0.3 is 0 Å². The van der Waals surface area contributed by atoms with Gasteiger partial charge in [0, 0.05) is 11.8 Å². The molecule has 5 nitrogen and oxygen atoms in total. The molecule has 1 unspecified atom stereocenters. The van der Waals surface area contributed by atoms with Crippen LogP contribution in [0.5, 0.6) is 0 Å². The van der Waals surface area contributed by atoms with Gasteiger partial charge in [-0.3, -0.25) is 14.6 Å². The highest BCUT2D eigenvalue weighted by molar-refractivity contribution is 5.96. The van der Waals surface area contributed by atoms with Gasteiger partial charge in [-0.25, -0.2) is 0 Å². The van der Waals surface area contributed by atoms with Gasteiger partial charge in [0.15, 0.2) is 0 Å². The Morgan fingerprint density at radius 3 is 2.48 bits per heavy atom. The monoisotopic (exact) mass is 283 g/mol. The van der Waals surface area contributed by atoms with Gasteiger partial charge in [-0.15, -0.1) is 0 Å². The molecule has 0 aliphatic carbocycles. The van der Waals surface area contributed by atoms with E-state index in [0.717, 1.165) is 5.69 Å². The van der Waals surface area contributed by atoms with Crippen molar-refractivity contribution in [1.82, 2.24) is 15.6 Å². The van der Waals surface area contributed by atoms with Crippen molar-refractivity contribution in [2.45, 2.75) is 13.0 Å². The molecular formula is C16H17N3O2. The summed E-state index contributed by atoms with van der Waals surface area (Å²) in [6.45, 7) is 1.78. The fourth-order valence-electron chi connectivity index (χ4n) is 1.85. The van der Waals surface area contributed by atoms with Crippen molar-refractivity contribution in [3.63, 3.8) is 0 Å². The number of carbonyl (C=O) groups excluding carboxylic acids is 2. The minimum absolute atomic E-state index is 0.0646. The largest absolute Gasteiger partial charge is 0.346 e. The highest BCUT2D eigenvalue weighted by Crippen LogP contribution is 2.07. The van der Waals surface area contributed by atoms with Crippen LogP contribution in [0.15, 0.2) is 54.7 Å². The number of nitrogens with zero attached hydrogens (tertiary/aromatic N) is 1. The number of nitrogens with one attached hydrogen (secondary N) is 2. The molecule has 0 radical (unpaired) electrons. The number of aromatic nitrogens is 1. The molecule has 0 bridgehead atoms. The van der Waals surface area contributed by atoms with Crippen LogP contribution < -0.4 is 10.6 Å². The molecule has 2 aromatic rings. The van der Waals surface area contributed by atoms with Crippen molar-refractivity contribution in [1.29, 1.82) is 0 Å². The lowest BCUT2D eigenvalue weighted by Crippen LogP contribution is -2.38. The van der Waals surface area contributed by atoms with Gasteiger partial charge in [-0.2, -0.15) is 0 Å². The van der Waals surface area contributed by atoms with Crippen LogP contribution in [0.2, 0.25) is 0 Å². The van der Waals surface area contributed by atoms with E-state index in [0.29, 0.717) is 5.56 Å². The number of hydrogen-bond acceptors (Lipinski definition) is 3. The Kier molecular flexibility index (Phi) is 5.04. The average molecular weight is 283 g/mol. The SMILES string of the molecule is CC(NC(=O)CNC(=O)c1ccccc1)c1ccccn1. The van der Waals surface area contributed by atoms with Crippen LogP contribution in [0.25, 0.3) is 0 Å². The summed E-state index contributed by atoms with van der Waals surface area (Å²) >= 11 is 0. The van der Waals surface area contributed by atoms with Crippen LogP contribution in [-0.4, -0.2) is 23.3 Å². The quantitative estimate of drug-likeness (QED) is 0.877. The van der Waals surface area contributed by atoms with Crippen LogP contribution in [0.1, 0.15) is 29.0 Å². The fourth-order valence-corrected chi connectivity index (χ4v) is 1.85. The van der Waals surface area contributed by atoms with Gasteiger partial charge in [-0.05, 0) is 31.2 Å². The second-order valence-corrected chi connectivity index (χ2v) is 4.59. The third kappa shape index (κ3) is 4.42. The van der Waals surface area contributed by atoms with Gasteiger partial charge < -0.3 is 10.6 Å². The molecule has 0 saturated carbocycles. The smallest absolute Gasteiger partial charge is 0.251 e. The van der Waals surface area contributed by atoms with E-state index in [9.17, 15) is 9.59 Å². The Morgan fingerprint density at radius 2 is 1.81 bits per heavy atom. The van der Waals surface area contributed by atoms with E-state index in [1.165, 1.54) is 0 Å². The fraction of sp³-hybridized carbons (Fsp3) is 0.188. The Morgan fingerprint density at radius 1 is 1.10 bits per heavy atom. The molecule has 1 aromatic carbocycles. The molecule has 1 aromatic heterocycles. The summed E-state index contributed by atoms with van der Waals surface area (Å²) in [5.74, 6) is -0.520. The van der Waals surface area contributed by atoms with Crippen LogP contribution in [0.4, 0.5) is 0 Å². The standard InChI is InChI=1S/C16H17N3O2/c1-12(14-9-5-6-10-17-14)19-15(20)11-18-16(21)13-7-3-2-4-8-13/h2-10,12H,11H2,1H3,(H,18,21)(H,19,20). The first-order valence-corrected chi connectivity index (χ1v) is 6.70. The molecule has 108 valence electrons. The molecule has 21 heavy (non-hydrogen) atoms. The minimum atomic E-state index is -0.267. The van der Waals surface area contributed by atoms with Gasteiger partial charge in [-0.1, -0.05) is 24.3 Å². The van der Waals surface area contributed by atoms with E-state index in [1.807, 2.05) is 31.2 Å². The predicted molar refractivity (Wildman–Crippen MR) is 79.6 cm³/mol. The number of pyridine rings is 1. The van der Waals surface area contributed by atoms with Crippen molar-refractivity contribution in [2.75, 3.05) is 6.54 Å². The molecule has 1 atom stereocenters. The summed E-state index contributed by atoms with van der Waals surface area (Å²) in [5.41, 5.74) is 1.31. The van der Waals surface area contributed by atoms with Gasteiger partial charge in [0.1, 0.15) is 0 Å². The van der Waals surface area contributed by atoms with Crippen molar-refractivity contribution in [2.24, 2.45) is 0 Å². The zero-order chi connectivity index (χ0) is 15.1. The summed E-state index contributed by atoms with van der Waals surface area (Å²) in [6.07, 6.45) is 1.68. The zero-order valence-corrected chi connectivity index (χ0v) is 11.7. The molecule has 0 aliphatic rings. The highest BCUT2D eigenvalue weighted by atomic mass is 16.2. The van der Waals surface area contributed by atoms with Crippen molar-refractivity contribution < 1.29 is 9.59 Å². The number of amides is 2. The van der Waals surface area contributed by atoms with Crippen LogP contribution in [0, 0.1) is 0 Å². The van der Waals surface area contributed by atoms with E-state index in [1.54, 1.807) is 30.5 Å². The Hall–Kier alpha value is -2.69. The minimum Gasteiger partial charge on any atom is -0.346 e. The summed E-state index contributed by atoms with van der Waals surface area (Å²) < 4.78 is 0. The Bertz CT molecular complexity index is 599. The Labute approximate surface area is 123 Å². The normalized spacial score (nSPS) is 11.5. The van der Waals surface area contributed by atoms with Crippen molar-refractivity contribution >= 4 is 11.8 Å². The number of hydrogen-bond donors (Lipinski definition) is 2. The zero-order valence-electron chi connectivity index (χ0n) is 11.7. The van der Waals surface area contributed by atoms with Gasteiger partial charge in [0.2, 0.25) is 5.91 Å². The number of rotatable bonds is 5. The lowest BCUT2D eigenvalue weighted by Gasteiger charge is -2.13. The lowest BCUT2D eigenvalue weighted by molar-refractivity contribution is -0.120. The Balaban J connectivity index is 1.81. The van der Waals surface area contributed by atoms with E-state index in [2.05, 4.69) is 15.6 Å². The maximum absolute atomic E-state index is 11.8. The molecule has 5 heteroatoms. The number of benzene rings is 1. The van der Waals surface area contributed by atoms with Crippen LogP contribution >= 0.6 is 0 Å². The van der Waals surface area contributed by atoms with Crippen molar-refractivity contribution in [3.8, 4) is 0 Å². The van der Waals surface area contributed by atoms with Crippen LogP contribution in [-0.2, 0) is 4.79 Å². The number of carbonyl (C=O) groups is 2. The molecule has 2 N–H and O–H groups in total. The summed E-state index contributed by atoms with van der Waals surface area (Å²) in [5, 5.41) is 5.37. The molecule has 0 saturated heterocycles. The summed E-state index contributed by atoms with van der Waals surface area (Å²) in [4.78, 5) is 27.8. The topological polar surface area (TPSA) is 71.1 Å². The molecular weight excluding hydrogens is 266 g/mol. The van der Waals surface area contributed by atoms with Gasteiger partial charge in [0.05, 0.1) is 18.3 Å². The first-order chi connectivity index (χ1) is 10.2. The highest BCUT2D eigenvalue weighted by Gasteiger charge is 2.11. The molecule has 0 aliphatic heterocycles. The second-order valence-electron chi connectivity index (χ2n) is 4.59. The molecule has 2 rings (SSSR count). The maximum atomic E-state index is 11.8. The lowest BCUT2D eigenvalue weighted by atomic mass is 10.2. The molecule has 0 spiro atoms. The average Bonchev–Trinajstić information content (AvgIpc) is 2.54. The van der Waals surface area contributed by atoms with E-state index in [-0.39, 0.29) is 24.4 Å². The molecule has 1 heterocycles.